The summed E-state index contributed by atoms with van der Waals surface area (Å²) in [5, 5.41) is 3.82. The lowest BCUT2D eigenvalue weighted by atomic mass is 10.2. The molecule has 1 N–H and O–H groups in total. The number of carbonyl (C=O) groups is 1. The van der Waals surface area contributed by atoms with Crippen LogP contribution in [-0.4, -0.2) is 17.7 Å². The predicted molar refractivity (Wildman–Crippen MR) is 77.1 cm³/mol. The first-order chi connectivity index (χ1) is 8.66. The Morgan fingerprint density at radius 1 is 1.50 bits per heavy atom. The molecule has 1 aliphatic carbocycles. The van der Waals surface area contributed by atoms with Gasteiger partial charge in [0, 0.05) is 23.1 Å². The molecule has 1 aliphatic rings. The van der Waals surface area contributed by atoms with Crippen LogP contribution in [0.25, 0.3) is 0 Å². The Bertz CT molecular complexity index is 420. The van der Waals surface area contributed by atoms with Gasteiger partial charge in [-0.15, -0.1) is 11.8 Å². The highest BCUT2D eigenvalue weighted by Crippen LogP contribution is 2.32. The Labute approximate surface area is 117 Å². The lowest BCUT2D eigenvalue weighted by Gasteiger charge is -2.12. The average Bonchev–Trinajstić information content (AvgIpc) is 3.15. The molecule has 4 heteroatoms. The number of hydrogen-bond acceptors (Lipinski definition) is 2. The Morgan fingerprint density at radius 2 is 2.22 bits per heavy atom. The van der Waals surface area contributed by atoms with Crippen molar-refractivity contribution >= 4 is 29.3 Å². The molecular formula is C14H18ClNOS. The van der Waals surface area contributed by atoms with Crippen LogP contribution in [0.2, 0.25) is 5.02 Å². The summed E-state index contributed by atoms with van der Waals surface area (Å²) in [5.74, 6) is 1.63. The second kappa shape index (κ2) is 6.48. The molecule has 0 heterocycles. The smallest absolute Gasteiger partial charge is 0.221 e. The quantitative estimate of drug-likeness (QED) is 0.806. The largest absolute Gasteiger partial charge is 0.353 e. The summed E-state index contributed by atoms with van der Waals surface area (Å²) < 4.78 is 0. The van der Waals surface area contributed by atoms with E-state index < -0.39 is 0 Å². The Morgan fingerprint density at radius 3 is 2.89 bits per heavy atom. The molecule has 1 unspecified atom stereocenters. The fourth-order valence-electron chi connectivity index (χ4n) is 1.86. The normalized spacial score (nSPS) is 16.3. The van der Waals surface area contributed by atoms with E-state index in [-0.39, 0.29) is 5.91 Å². The summed E-state index contributed by atoms with van der Waals surface area (Å²) in [4.78, 5) is 12.7. The molecule has 2 nitrogen and oxygen atoms in total. The van der Waals surface area contributed by atoms with Gasteiger partial charge in [0.25, 0.3) is 0 Å². The zero-order valence-electron chi connectivity index (χ0n) is 10.5. The van der Waals surface area contributed by atoms with Crippen LogP contribution in [0, 0.1) is 5.92 Å². The second-order valence-corrected chi connectivity index (χ2v) is 6.27. The minimum absolute atomic E-state index is 0.147. The summed E-state index contributed by atoms with van der Waals surface area (Å²) in [6.45, 7) is 2.09. The fourth-order valence-corrected chi connectivity index (χ4v) is 3.04. The maximum Gasteiger partial charge on any atom is 0.221 e. The van der Waals surface area contributed by atoms with Gasteiger partial charge in [0.15, 0.2) is 0 Å². The van der Waals surface area contributed by atoms with Gasteiger partial charge >= 0.3 is 0 Å². The van der Waals surface area contributed by atoms with Gasteiger partial charge in [-0.2, -0.15) is 0 Å². The van der Waals surface area contributed by atoms with Gasteiger partial charge in [-0.25, -0.2) is 0 Å². The molecule has 1 amide bonds. The maximum atomic E-state index is 11.7. The number of halogens is 1. The van der Waals surface area contributed by atoms with Crippen LogP contribution in [0.15, 0.2) is 29.2 Å². The topological polar surface area (TPSA) is 29.1 Å². The highest BCUT2D eigenvalue weighted by molar-refractivity contribution is 7.99. The Hall–Kier alpha value is -0.670. The molecule has 1 aromatic carbocycles. The number of amides is 1. The number of hydrogen-bond donors (Lipinski definition) is 1. The summed E-state index contributed by atoms with van der Waals surface area (Å²) in [5.41, 5.74) is 0. The molecule has 1 fully saturated rings. The van der Waals surface area contributed by atoms with E-state index >= 15 is 0 Å². The molecule has 0 radical (unpaired) electrons. The van der Waals surface area contributed by atoms with Crippen molar-refractivity contribution in [2.45, 2.75) is 37.1 Å². The molecule has 1 aromatic rings. The molecule has 0 aromatic heterocycles. The molecule has 18 heavy (non-hydrogen) atoms. The van der Waals surface area contributed by atoms with Gasteiger partial charge in [0.05, 0.1) is 5.02 Å². The van der Waals surface area contributed by atoms with E-state index in [0.29, 0.717) is 18.4 Å². The van der Waals surface area contributed by atoms with E-state index in [2.05, 4.69) is 12.2 Å². The SMILES string of the molecule is CC(NC(=O)CCSc1ccccc1Cl)C1CC1. The van der Waals surface area contributed by atoms with E-state index in [0.717, 1.165) is 15.7 Å². The van der Waals surface area contributed by atoms with Crippen molar-refractivity contribution in [3.63, 3.8) is 0 Å². The number of thioether (sulfide) groups is 1. The standard InChI is InChI=1S/C14H18ClNOS/c1-10(11-6-7-11)16-14(17)8-9-18-13-5-3-2-4-12(13)15/h2-5,10-11H,6-9H2,1H3,(H,16,17). The van der Waals surface area contributed by atoms with Crippen molar-refractivity contribution in [3.05, 3.63) is 29.3 Å². The van der Waals surface area contributed by atoms with Crippen LogP contribution in [0.3, 0.4) is 0 Å². The summed E-state index contributed by atoms with van der Waals surface area (Å²) in [6, 6.07) is 8.07. The molecule has 1 saturated carbocycles. The van der Waals surface area contributed by atoms with Crippen molar-refractivity contribution in [2.75, 3.05) is 5.75 Å². The van der Waals surface area contributed by atoms with Crippen LogP contribution in [0.1, 0.15) is 26.2 Å². The van der Waals surface area contributed by atoms with Crippen molar-refractivity contribution in [1.29, 1.82) is 0 Å². The number of carbonyl (C=O) groups excluding carboxylic acids is 1. The molecular weight excluding hydrogens is 266 g/mol. The highest BCUT2D eigenvalue weighted by Gasteiger charge is 2.28. The Kier molecular flexibility index (Phi) is 4.95. The van der Waals surface area contributed by atoms with E-state index in [9.17, 15) is 4.79 Å². The van der Waals surface area contributed by atoms with Gasteiger partial charge in [-0.05, 0) is 37.8 Å². The molecule has 0 saturated heterocycles. The van der Waals surface area contributed by atoms with Gasteiger partial charge in [-0.3, -0.25) is 4.79 Å². The monoisotopic (exact) mass is 283 g/mol. The molecule has 2 rings (SSSR count). The maximum absolute atomic E-state index is 11.7. The highest BCUT2D eigenvalue weighted by atomic mass is 35.5. The molecule has 1 atom stereocenters. The zero-order valence-corrected chi connectivity index (χ0v) is 12.1. The van der Waals surface area contributed by atoms with E-state index in [1.807, 2.05) is 24.3 Å². The lowest BCUT2D eigenvalue weighted by Crippen LogP contribution is -2.34. The first kappa shape index (κ1) is 13.8. The first-order valence-electron chi connectivity index (χ1n) is 6.33. The van der Waals surface area contributed by atoms with Gasteiger partial charge in [0.2, 0.25) is 5.91 Å². The summed E-state index contributed by atoms with van der Waals surface area (Å²) in [6.07, 6.45) is 3.07. The molecule has 0 bridgehead atoms. The van der Waals surface area contributed by atoms with Crippen molar-refractivity contribution in [2.24, 2.45) is 5.92 Å². The van der Waals surface area contributed by atoms with Crippen LogP contribution in [0.4, 0.5) is 0 Å². The molecule has 0 spiro atoms. The molecule has 98 valence electrons. The average molecular weight is 284 g/mol. The van der Waals surface area contributed by atoms with Gasteiger partial charge in [0.1, 0.15) is 0 Å². The van der Waals surface area contributed by atoms with Crippen LogP contribution in [-0.2, 0) is 4.79 Å². The molecule has 0 aliphatic heterocycles. The van der Waals surface area contributed by atoms with Crippen LogP contribution < -0.4 is 5.32 Å². The van der Waals surface area contributed by atoms with Crippen molar-refractivity contribution < 1.29 is 4.79 Å². The van der Waals surface area contributed by atoms with Gasteiger partial charge in [-0.1, -0.05) is 23.7 Å². The zero-order chi connectivity index (χ0) is 13.0. The summed E-state index contributed by atoms with van der Waals surface area (Å²) >= 11 is 7.69. The first-order valence-corrected chi connectivity index (χ1v) is 7.70. The second-order valence-electron chi connectivity index (χ2n) is 4.72. The number of rotatable bonds is 6. The summed E-state index contributed by atoms with van der Waals surface area (Å²) in [7, 11) is 0. The number of benzene rings is 1. The van der Waals surface area contributed by atoms with Crippen molar-refractivity contribution in [3.8, 4) is 0 Å². The van der Waals surface area contributed by atoms with Crippen LogP contribution >= 0.6 is 23.4 Å². The predicted octanol–water partition coefficient (Wildman–Crippen LogP) is 3.74. The fraction of sp³-hybridized carbons (Fsp3) is 0.500. The van der Waals surface area contributed by atoms with E-state index in [1.54, 1.807) is 11.8 Å². The Balaban J connectivity index is 1.68. The minimum atomic E-state index is 0.147. The van der Waals surface area contributed by atoms with Gasteiger partial charge < -0.3 is 5.32 Å². The van der Waals surface area contributed by atoms with Crippen molar-refractivity contribution in [1.82, 2.24) is 5.32 Å². The minimum Gasteiger partial charge on any atom is -0.353 e. The third kappa shape index (κ3) is 4.21. The third-order valence-electron chi connectivity index (χ3n) is 3.14. The van der Waals surface area contributed by atoms with E-state index in [4.69, 9.17) is 11.6 Å². The lowest BCUT2D eigenvalue weighted by molar-refractivity contribution is -0.121. The van der Waals surface area contributed by atoms with Crippen LogP contribution in [0.5, 0.6) is 0 Å². The van der Waals surface area contributed by atoms with E-state index in [1.165, 1.54) is 12.8 Å². The number of nitrogens with one attached hydrogen (secondary N) is 1. The third-order valence-corrected chi connectivity index (χ3v) is 4.66.